The number of unbranched alkanes of at least 4 members (excludes halogenated alkanes) is 1. The fourth-order valence-corrected chi connectivity index (χ4v) is 0.875. The standard InChI is InChI=1S/C8H16O.C5H11NO/c1-4-5-6-8(9)7(2)3;1-4(2)5(7)3-6/h7H,4-6H2,1-3H3;4H,3,6H2,1-2H3. The quantitative estimate of drug-likeness (QED) is 0.761. The van der Waals surface area contributed by atoms with Crippen LogP contribution in [0.2, 0.25) is 0 Å². The highest BCUT2D eigenvalue weighted by Crippen LogP contribution is 2.02. The van der Waals surface area contributed by atoms with E-state index >= 15 is 0 Å². The minimum absolute atomic E-state index is 0.102. The van der Waals surface area contributed by atoms with Gasteiger partial charge in [0.2, 0.25) is 0 Å². The predicted octanol–water partition coefficient (Wildman–Crippen LogP) is 2.57. The summed E-state index contributed by atoms with van der Waals surface area (Å²) in [4.78, 5) is 21.3. The van der Waals surface area contributed by atoms with Crippen LogP contribution >= 0.6 is 0 Å². The van der Waals surface area contributed by atoms with E-state index in [2.05, 4.69) is 6.92 Å². The van der Waals surface area contributed by atoms with E-state index < -0.39 is 0 Å². The summed E-state index contributed by atoms with van der Waals surface area (Å²) in [5.74, 6) is 0.860. The van der Waals surface area contributed by atoms with Crippen LogP contribution in [0.3, 0.4) is 0 Å². The maximum absolute atomic E-state index is 10.9. The zero-order chi connectivity index (χ0) is 13.1. The molecule has 0 aromatic carbocycles. The molecular formula is C13H27NO2. The number of rotatable bonds is 6. The van der Waals surface area contributed by atoms with Crippen molar-refractivity contribution in [3.63, 3.8) is 0 Å². The van der Waals surface area contributed by atoms with Crippen molar-refractivity contribution >= 4 is 11.6 Å². The molecule has 0 amide bonds. The topological polar surface area (TPSA) is 60.2 Å². The Labute approximate surface area is 99.8 Å². The van der Waals surface area contributed by atoms with Crippen LogP contribution in [-0.2, 0) is 9.59 Å². The second-order valence-corrected chi connectivity index (χ2v) is 4.55. The van der Waals surface area contributed by atoms with E-state index in [4.69, 9.17) is 5.73 Å². The van der Waals surface area contributed by atoms with Crippen molar-refractivity contribution in [3.8, 4) is 0 Å². The van der Waals surface area contributed by atoms with Crippen LogP contribution in [-0.4, -0.2) is 18.1 Å². The summed E-state index contributed by atoms with van der Waals surface area (Å²) in [7, 11) is 0. The first-order valence-electron chi connectivity index (χ1n) is 6.12. The molecule has 0 aliphatic heterocycles. The van der Waals surface area contributed by atoms with E-state index in [-0.39, 0.29) is 24.2 Å². The molecule has 0 aliphatic carbocycles. The maximum Gasteiger partial charge on any atom is 0.148 e. The van der Waals surface area contributed by atoms with Gasteiger partial charge in [0.25, 0.3) is 0 Å². The van der Waals surface area contributed by atoms with Crippen LogP contribution in [0.5, 0.6) is 0 Å². The molecular weight excluding hydrogens is 202 g/mol. The molecule has 0 aromatic heterocycles. The van der Waals surface area contributed by atoms with Gasteiger partial charge in [-0.15, -0.1) is 0 Å². The smallest absolute Gasteiger partial charge is 0.148 e. The highest BCUT2D eigenvalue weighted by atomic mass is 16.1. The highest BCUT2D eigenvalue weighted by molar-refractivity contribution is 5.81. The minimum Gasteiger partial charge on any atom is -0.324 e. The van der Waals surface area contributed by atoms with Crippen molar-refractivity contribution in [1.29, 1.82) is 0 Å². The first-order chi connectivity index (χ1) is 7.36. The Morgan fingerprint density at radius 1 is 1.00 bits per heavy atom. The number of Topliss-reactive ketones (excluding diaryl/α,β-unsaturated/α-hetero) is 2. The molecule has 0 spiro atoms. The average Bonchev–Trinajstić information content (AvgIpc) is 2.25. The second-order valence-electron chi connectivity index (χ2n) is 4.55. The Balaban J connectivity index is 0. The van der Waals surface area contributed by atoms with Crippen LogP contribution in [0.15, 0.2) is 0 Å². The number of hydrogen-bond donors (Lipinski definition) is 1. The van der Waals surface area contributed by atoms with Crippen LogP contribution in [0.4, 0.5) is 0 Å². The molecule has 0 bridgehead atoms. The van der Waals surface area contributed by atoms with Crippen molar-refractivity contribution in [3.05, 3.63) is 0 Å². The third kappa shape index (κ3) is 11.4. The van der Waals surface area contributed by atoms with Crippen molar-refractivity contribution in [2.24, 2.45) is 17.6 Å². The molecule has 2 N–H and O–H groups in total. The molecule has 0 fully saturated rings. The lowest BCUT2D eigenvalue weighted by Crippen LogP contribution is -2.18. The number of carbonyl (C=O) groups is 2. The largest absolute Gasteiger partial charge is 0.324 e. The number of hydrogen-bond acceptors (Lipinski definition) is 3. The second kappa shape index (κ2) is 10.8. The monoisotopic (exact) mass is 229 g/mol. The summed E-state index contributed by atoms with van der Waals surface area (Å²) >= 11 is 0. The van der Waals surface area contributed by atoms with E-state index in [9.17, 15) is 9.59 Å². The Hall–Kier alpha value is -0.700. The van der Waals surface area contributed by atoms with E-state index in [0.717, 1.165) is 19.3 Å². The molecule has 0 saturated heterocycles. The summed E-state index contributed by atoms with van der Waals surface area (Å²) in [6.45, 7) is 9.88. The maximum atomic E-state index is 10.9. The fourth-order valence-electron chi connectivity index (χ4n) is 0.875. The Bertz CT molecular complexity index is 198. The number of carbonyl (C=O) groups excluding carboxylic acids is 2. The molecule has 0 atom stereocenters. The van der Waals surface area contributed by atoms with Crippen LogP contribution in [0, 0.1) is 11.8 Å². The Kier molecular flexibility index (Phi) is 11.9. The summed E-state index contributed by atoms with van der Waals surface area (Å²) in [6, 6.07) is 0. The molecule has 96 valence electrons. The highest BCUT2D eigenvalue weighted by Gasteiger charge is 2.04. The van der Waals surface area contributed by atoms with Gasteiger partial charge in [0, 0.05) is 18.3 Å². The van der Waals surface area contributed by atoms with Gasteiger partial charge in [-0.1, -0.05) is 41.0 Å². The normalized spacial score (nSPS) is 10.0. The lowest BCUT2D eigenvalue weighted by molar-refractivity contribution is -0.122. The van der Waals surface area contributed by atoms with Gasteiger partial charge in [-0.05, 0) is 6.42 Å². The Morgan fingerprint density at radius 3 is 1.62 bits per heavy atom. The zero-order valence-electron chi connectivity index (χ0n) is 11.4. The molecule has 0 heterocycles. The van der Waals surface area contributed by atoms with Gasteiger partial charge >= 0.3 is 0 Å². The van der Waals surface area contributed by atoms with Crippen LogP contribution in [0.1, 0.15) is 53.9 Å². The Morgan fingerprint density at radius 2 is 1.44 bits per heavy atom. The van der Waals surface area contributed by atoms with Gasteiger partial charge in [-0.25, -0.2) is 0 Å². The zero-order valence-corrected chi connectivity index (χ0v) is 11.4. The molecule has 3 heteroatoms. The van der Waals surface area contributed by atoms with Crippen molar-refractivity contribution < 1.29 is 9.59 Å². The first-order valence-corrected chi connectivity index (χ1v) is 6.12. The minimum atomic E-state index is 0.102. The van der Waals surface area contributed by atoms with Crippen molar-refractivity contribution in [1.82, 2.24) is 0 Å². The first kappa shape index (κ1) is 17.7. The average molecular weight is 229 g/mol. The van der Waals surface area contributed by atoms with Crippen molar-refractivity contribution in [2.45, 2.75) is 53.9 Å². The lowest BCUT2D eigenvalue weighted by atomic mass is 10.0. The summed E-state index contributed by atoms with van der Waals surface area (Å²) < 4.78 is 0. The molecule has 3 nitrogen and oxygen atoms in total. The summed E-state index contributed by atoms with van der Waals surface area (Å²) in [6.07, 6.45) is 2.95. The predicted molar refractivity (Wildman–Crippen MR) is 68.3 cm³/mol. The fraction of sp³-hybridized carbons (Fsp3) is 0.846. The SMILES string of the molecule is CC(C)C(=O)CN.CCCCC(=O)C(C)C. The number of nitrogens with two attached hydrogens (primary N) is 1. The molecule has 0 aromatic rings. The molecule has 0 unspecified atom stereocenters. The van der Waals surface area contributed by atoms with Gasteiger partial charge in [0.15, 0.2) is 0 Å². The third-order valence-electron chi connectivity index (χ3n) is 2.27. The number of ketones is 2. The molecule has 16 heavy (non-hydrogen) atoms. The van der Waals surface area contributed by atoms with E-state index in [1.54, 1.807) is 0 Å². The summed E-state index contributed by atoms with van der Waals surface area (Å²) in [5.41, 5.74) is 5.02. The van der Waals surface area contributed by atoms with Crippen LogP contribution < -0.4 is 5.73 Å². The third-order valence-corrected chi connectivity index (χ3v) is 2.27. The summed E-state index contributed by atoms with van der Waals surface area (Å²) in [5, 5.41) is 0. The van der Waals surface area contributed by atoms with Gasteiger partial charge in [0.1, 0.15) is 11.6 Å². The van der Waals surface area contributed by atoms with E-state index in [1.807, 2.05) is 27.7 Å². The van der Waals surface area contributed by atoms with Gasteiger partial charge in [-0.2, -0.15) is 0 Å². The van der Waals surface area contributed by atoms with E-state index in [0.29, 0.717) is 5.78 Å². The molecule has 0 aliphatic rings. The van der Waals surface area contributed by atoms with Gasteiger partial charge in [0.05, 0.1) is 6.54 Å². The molecule has 0 radical (unpaired) electrons. The van der Waals surface area contributed by atoms with Crippen LogP contribution in [0.25, 0.3) is 0 Å². The molecule has 0 saturated carbocycles. The van der Waals surface area contributed by atoms with Gasteiger partial charge < -0.3 is 5.73 Å². The van der Waals surface area contributed by atoms with Crippen molar-refractivity contribution in [2.75, 3.05) is 6.54 Å². The van der Waals surface area contributed by atoms with E-state index in [1.165, 1.54) is 0 Å². The van der Waals surface area contributed by atoms with Gasteiger partial charge in [-0.3, -0.25) is 9.59 Å². The molecule has 0 rings (SSSR count). The lowest BCUT2D eigenvalue weighted by Gasteiger charge is -2.00.